The van der Waals surface area contributed by atoms with Gasteiger partial charge in [0.05, 0.1) is 48.3 Å². The molecule has 2 aliphatic rings. The molecule has 7 aromatic rings. The molecule has 2 N–H and O–H groups in total. The molecule has 306 valence electrons. The van der Waals surface area contributed by atoms with Crippen molar-refractivity contribution in [3.05, 3.63) is 72.8 Å². The molecule has 9 rings (SSSR count). The molecule has 8 bridgehead atoms. The summed E-state index contributed by atoms with van der Waals surface area (Å²) in [5.74, 6) is 3.94. The van der Waals surface area contributed by atoms with E-state index in [0.29, 0.717) is 144 Å². The first-order valence-corrected chi connectivity index (χ1v) is 19.4. The maximum atomic E-state index is 6.28. The monoisotopic (exact) mass is 810 g/mol. The predicted octanol–water partition coefficient (Wildman–Crippen LogP) is 6.97. The maximum Gasteiger partial charge on any atom is 0.168 e. The van der Waals surface area contributed by atoms with Gasteiger partial charge in [0.15, 0.2) is 23.3 Å². The topological polar surface area (TPSA) is 183 Å². The number of fused-ring (bicyclic) bond motifs is 20. The van der Waals surface area contributed by atoms with Gasteiger partial charge in [0, 0.05) is 50.3 Å². The van der Waals surface area contributed by atoms with Crippen molar-refractivity contribution in [2.45, 2.75) is 0 Å². The van der Waals surface area contributed by atoms with Crippen molar-refractivity contribution in [2.75, 3.05) is 81.3 Å². The molecule has 0 amide bonds. The number of methoxy groups -OCH3 is 4. The van der Waals surface area contributed by atoms with E-state index in [1.807, 2.05) is 72.8 Å². The Labute approximate surface area is 343 Å². The van der Waals surface area contributed by atoms with Crippen molar-refractivity contribution >= 4 is 44.1 Å². The molecule has 4 aromatic carbocycles. The minimum Gasteiger partial charge on any atom is -0.490 e. The normalized spacial score (nSPS) is 11.8. The highest BCUT2D eigenvalue weighted by Crippen LogP contribution is 2.44. The van der Waals surface area contributed by atoms with Crippen LogP contribution in [0.4, 0.5) is 0 Å². The van der Waals surface area contributed by atoms with E-state index in [1.165, 1.54) is 0 Å². The largest absolute Gasteiger partial charge is 0.490 e. The Hall–Kier alpha value is -6.72. The molecule has 16 nitrogen and oxygen atoms in total. The third kappa shape index (κ3) is 7.30. The van der Waals surface area contributed by atoms with Crippen LogP contribution < -0.4 is 18.9 Å². The Morgan fingerprint density at radius 3 is 1.12 bits per heavy atom. The van der Waals surface area contributed by atoms with Crippen molar-refractivity contribution in [1.29, 1.82) is 0 Å². The first-order chi connectivity index (χ1) is 29.6. The molecule has 5 heterocycles. The molecule has 60 heavy (non-hydrogen) atoms. The number of rotatable bonds is 16. The summed E-state index contributed by atoms with van der Waals surface area (Å²) in [4.78, 5) is 38.0. The lowest BCUT2D eigenvalue weighted by Crippen LogP contribution is -2.05. The Bertz CT molecular complexity index is 2680. The minimum atomic E-state index is 0.319. The average Bonchev–Trinajstić information content (AvgIpc) is 4.01. The maximum absolute atomic E-state index is 6.28. The summed E-state index contributed by atoms with van der Waals surface area (Å²) >= 11 is 0. The van der Waals surface area contributed by atoms with Crippen LogP contribution in [0, 0.1) is 0 Å². The number of benzene rings is 4. The van der Waals surface area contributed by atoms with E-state index in [9.17, 15) is 0 Å². The van der Waals surface area contributed by atoms with Gasteiger partial charge in [-0.2, -0.15) is 0 Å². The lowest BCUT2D eigenvalue weighted by atomic mass is 10.1. The molecule has 0 aliphatic carbocycles. The summed E-state index contributed by atoms with van der Waals surface area (Å²) < 4.78 is 46.3. The highest BCUT2D eigenvalue weighted by molar-refractivity contribution is 6.10. The minimum absolute atomic E-state index is 0.319. The van der Waals surface area contributed by atoms with Gasteiger partial charge in [0.1, 0.15) is 72.0 Å². The number of hydrogen-bond acceptors (Lipinski definition) is 14. The summed E-state index contributed by atoms with van der Waals surface area (Å²) in [5, 5.41) is 2.91. The summed E-state index contributed by atoms with van der Waals surface area (Å²) in [6, 6.07) is 23.0. The molecule has 0 atom stereocenters. The molecule has 0 saturated carbocycles. The van der Waals surface area contributed by atoms with Gasteiger partial charge >= 0.3 is 0 Å². The van der Waals surface area contributed by atoms with Crippen LogP contribution in [0.5, 0.6) is 23.0 Å². The van der Waals surface area contributed by atoms with E-state index >= 15 is 0 Å². The first-order valence-electron chi connectivity index (χ1n) is 19.4. The zero-order chi connectivity index (χ0) is 41.0. The van der Waals surface area contributed by atoms with Crippen LogP contribution in [-0.2, 0) is 18.9 Å². The quantitative estimate of drug-likeness (QED) is 0.0955. The van der Waals surface area contributed by atoms with Crippen LogP contribution in [0.1, 0.15) is 0 Å². The van der Waals surface area contributed by atoms with Crippen molar-refractivity contribution < 1.29 is 37.9 Å². The molecular formula is C44H42N8O8. The molecule has 0 unspecified atom stereocenters. The highest BCUT2D eigenvalue weighted by atomic mass is 16.5. The fourth-order valence-electron chi connectivity index (χ4n) is 7.28. The number of aromatic amines is 2. The molecule has 16 heteroatoms. The van der Waals surface area contributed by atoms with Crippen LogP contribution in [0.25, 0.3) is 89.7 Å². The molecule has 2 aliphatic heterocycles. The summed E-state index contributed by atoms with van der Waals surface area (Å²) in [6.07, 6.45) is 0. The van der Waals surface area contributed by atoms with E-state index in [-0.39, 0.29) is 0 Å². The number of H-pyrrole nitrogens is 2. The Morgan fingerprint density at radius 1 is 0.367 bits per heavy atom. The van der Waals surface area contributed by atoms with Gasteiger partial charge in [-0.15, -0.1) is 0 Å². The number of hydrogen-bond donors (Lipinski definition) is 2. The molecule has 0 spiro atoms. The number of aromatic nitrogens is 8. The van der Waals surface area contributed by atoms with Gasteiger partial charge in [0.2, 0.25) is 0 Å². The van der Waals surface area contributed by atoms with Crippen LogP contribution in [0.3, 0.4) is 0 Å². The predicted molar refractivity (Wildman–Crippen MR) is 226 cm³/mol. The van der Waals surface area contributed by atoms with Gasteiger partial charge in [-0.1, -0.05) is 48.5 Å². The van der Waals surface area contributed by atoms with Gasteiger partial charge < -0.3 is 47.9 Å². The fraction of sp³-hybridized carbons (Fsp3) is 0.273. The van der Waals surface area contributed by atoms with Crippen molar-refractivity contribution in [1.82, 2.24) is 39.9 Å². The lowest BCUT2D eigenvalue weighted by molar-refractivity contribution is 0.146. The number of nitrogens with zero attached hydrogens (tertiary/aromatic N) is 6. The van der Waals surface area contributed by atoms with E-state index in [2.05, 4.69) is 9.97 Å². The summed E-state index contributed by atoms with van der Waals surface area (Å²) in [6.45, 7) is 2.86. The van der Waals surface area contributed by atoms with Gasteiger partial charge in [-0.25, -0.2) is 29.9 Å². The van der Waals surface area contributed by atoms with Crippen molar-refractivity contribution in [3.8, 4) is 68.5 Å². The van der Waals surface area contributed by atoms with Crippen molar-refractivity contribution in [3.63, 3.8) is 0 Å². The Balaban J connectivity index is 1.41. The van der Waals surface area contributed by atoms with Crippen LogP contribution >= 0.6 is 0 Å². The molecule has 3 aromatic heterocycles. The molecular weight excluding hydrogens is 769 g/mol. The summed E-state index contributed by atoms with van der Waals surface area (Å²) in [5.41, 5.74) is 4.75. The second-order valence-electron chi connectivity index (χ2n) is 13.7. The van der Waals surface area contributed by atoms with Crippen molar-refractivity contribution in [2.24, 2.45) is 0 Å². The van der Waals surface area contributed by atoms with Gasteiger partial charge in [0.25, 0.3) is 0 Å². The zero-order valence-corrected chi connectivity index (χ0v) is 33.5. The average molecular weight is 811 g/mol. The zero-order valence-electron chi connectivity index (χ0n) is 33.5. The number of nitrogens with one attached hydrogen (secondary N) is 2. The van der Waals surface area contributed by atoms with Gasteiger partial charge in [-0.3, -0.25) is 0 Å². The van der Waals surface area contributed by atoms with E-state index < -0.39 is 0 Å². The Kier molecular flexibility index (Phi) is 11.1. The Morgan fingerprint density at radius 2 is 0.717 bits per heavy atom. The standard InChI is InChI=1S/C44H42N8O8/c1-53-17-21-57-29-13-5-9-25-33(29)41-45-37(25)50-42-35-27(11-7-15-31(35)59-23-19-55-3)39(47-42)52-44-36-28(12-8-16-32(36)60-24-20-56-4)40(48-44)51-43-34-26(38(46-43)49-41)10-6-14-30(34)58-22-18-54-2/h5-16H,17-24H2,1-4H3,(H2,45,46,47,48,49,50,51,52). The first kappa shape index (κ1) is 38.8. The molecule has 0 fully saturated rings. The van der Waals surface area contributed by atoms with Gasteiger partial charge in [-0.05, 0) is 24.3 Å². The van der Waals surface area contributed by atoms with E-state index in [1.54, 1.807) is 28.4 Å². The third-order valence-electron chi connectivity index (χ3n) is 9.97. The smallest absolute Gasteiger partial charge is 0.168 e. The van der Waals surface area contributed by atoms with E-state index in [4.69, 9.17) is 67.8 Å². The third-order valence-corrected chi connectivity index (χ3v) is 9.97. The van der Waals surface area contributed by atoms with Crippen LogP contribution in [0.15, 0.2) is 72.8 Å². The second kappa shape index (κ2) is 17.2. The molecule has 0 radical (unpaired) electrons. The lowest BCUT2D eigenvalue weighted by Gasteiger charge is -2.09. The fourth-order valence-corrected chi connectivity index (χ4v) is 7.28. The molecule has 0 saturated heterocycles. The van der Waals surface area contributed by atoms with Crippen LogP contribution in [0.2, 0.25) is 0 Å². The van der Waals surface area contributed by atoms with E-state index in [0.717, 1.165) is 21.9 Å². The number of ether oxygens (including phenoxy) is 8. The SMILES string of the molecule is COCCOc1cccc2c1-c1nc-2nc2[nH]c(nc3nc(nc4[nH]c(n1)c1cccc(OCCOC)c41)-c1cccc(OCCOC)c1-3)c1cccc(OCCOC)c21. The second-order valence-corrected chi connectivity index (χ2v) is 13.7. The van der Waals surface area contributed by atoms with Crippen LogP contribution in [-0.4, -0.2) is 121 Å². The summed E-state index contributed by atoms with van der Waals surface area (Å²) in [7, 11) is 6.53. The highest BCUT2D eigenvalue weighted by Gasteiger charge is 2.27.